The van der Waals surface area contributed by atoms with Gasteiger partial charge in [-0.25, -0.2) is 9.07 Å². The van der Waals surface area contributed by atoms with E-state index in [0.29, 0.717) is 29.8 Å². The van der Waals surface area contributed by atoms with Crippen molar-refractivity contribution in [3.8, 4) is 5.69 Å². The van der Waals surface area contributed by atoms with Crippen LogP contribution in [0.4, 0.5) is 4.39 Å². The number of rotatable bonds is 4. The standard InChI is InChI=1S/C12H12FN3O/c1-2-4-12-11(8-17)14-15-16(12)10-6-3-5-9(13)7-10/h3,5-8H,2,4H2,1H3. The van der Waals surface area contributed by atoms with Crippen molar-refractivity contribution in [3.63, 3.8) is 0 Å². The number of benzene rings is 1. The van der Waals surface area contributed by atoms with Gasteiger partial charge < -0.3 is 0 Å². The summed E-state index contributed by atoms with van der Waals surface area (Å²) in [5.74, 6) is -0.340. The summed E-state index contributed by atoms with van der Waals surface area (Å²) in [7, 11) is 0. The molecule has 4 nitrogen and oxygen atoms in total. The molecule has 0 saturated carbocycles. The first-order valence-corrected chi connectivity index (χ1v) is 5.42. The minimum Gasteiger partial charge on any atom is -0.296 e. The van der Waals surface area contributed by atoms with E-state index in [0.717, 1.165) is 6.42 Å². The summed E-state index contributed by atoms with van der Waals surface area (Å²) >= 11 is 0. The quantitative estimate of drug-likeness (QED) is 0.760. The van der Waals surface area contributed by atoms with E-state index in [1.54, 1.807) is 12.1 Å². The fraction of sp³-hybridized carbons (Fsp3) is 0.250. The lowest BCUT2D eigenvalue weighted by atomic mass is 10.2. The van der Waals surface area contributed by atoms with Crippen molar-refractivity contribution < 1.29 is 9.18 Å². The summed E-state index contributed by atoms with van der Waals surface area (Å²) < 4.78 is 14.6. The zero-order valence-electron chi connectivity index (χ0n) is 9.43. The lowest BCUT2D eigenvalue weighted by molar-refractivity contribution is 0.111. The highest BCUT2D eigenvalue weighted by molar-refractivity contribution is 5.73. The number of hydrogen-bond donors (Lipinski definition) is 0. The van der Waals surface area contributed by atoms with Crippen LogP contribution in [0.1, 0.15) is 29.5 Å². The molecular formula is C12H12FN3O. The van der Waals surface area contributed by atoms with Crippen LogP contribution >= 0.6 is 0 Å². The molecule has 0 radical (unpaired) electrons. The molecule has 1 aromatic heterocycles. The minimum absolute atomic E-state index is 0.316. The molecule has 0 amide bonds. The molecule has 1 heterocycles. The van der Waals surface area contributed by atoms with Gasteiger partial charge in [0.15, 0.2) is 6.29 Å². The maximum Gasteiger partial charge on any atom is 0.172 e. The molecule has 17 heavy (non-hydrogen) atoms. The third-order valence-corrected chi connectivity index (χ3v) is 2.44. The molecule has 0 N–H and O–H groups in total. The number of hydrogen-bond acceptors (Lipinski definition) is 3. The van der Waals surface area contributed by atoms with E-state index >= 15 is 0 Å². The van der Waals surface area contributed by atoms with Crippen LogP contribution in [0.25, 0.3) is 5.69 Å². The highest BCUT2D eigenvalue weighted by atomic mass is 19.1. The minimum atomic E-state index is -0.340. The number of aromatic nitrogens is 3. The Morgan fingerprint density at radius 2 is 2.29 bits per heavy atom. The molecule has 0 bridgehead atoms. The number of carbonyl (C=O) groups excluding carboxylic acids is 1. The van der Waals surface area contributed by atoms with E-state index in [1.165, 1.54) is 16.8 Å². The van der Waals surface area contributed by atoms with E-state index in [2.05, 4.69) is 10.3 Å². The van der Waals surface area contributed by atoms with Crippen molar-refractivity contribution in [1.29, 1.82) is 0 Å². The molecule has 5 heteroatoms. The molecule has 1 aromatic carbocycles. The molecule has 0 aliphatic carbocycles. The van der Waals surface area contributed by atoms with Gasteiger partial charge in [-0.05, 0) is 24.6 Å². The zero-order valence-corrected chi connectivity index (χ0v) is 9.43. The van der Waals surface area contributed by atoms with E-state index in [4.69, 9.17) is 0 Å². The summed E-state index contributed by atoms with van der Waals surface area (Å²) in [6, 6.07) is 6.05. The molecular weight excluding hydrogens is 221 g/mol. The lowest BCUT2D eigenvalue weighted by Crippen LogP contribution is -2.03. The summed E-state index contributed by atoms with van der Waals surface area (Å²) in [5.41, 5.74) is 1.61. The number of nitrogens with zero attached hydrogens (tertiary/aromatic N) is 3. The van der Waals surface area contributed by atoms with Gasteiger partial charge >= 0.3 is 0 Å². The van der Waals surface area contributed by atoms with Gasteiger partial charge in [0.2, 0.25) is 0 Å². The van der Waals surface area contributed by atoms with Gasteiger partial charge in [-0.1, -0.05) is 24.6 Å². The molecule has 0 unspecified atom stereocenters. The Hall–Kier alpha value is -2.04. The van der Waals surface area contributed by atoms with Crippen LogP contribution in [-0.2, 0) is 6.42 Å². The normalized spacial score (nSPS) is 10.5. The van der Waals surface area contributed by atoms with E-state index < -0.39 is 0 Å². The molecule has 0 aliphatic heterocycles. The summed E-state index contributed by atoms with van der Waals surface area (Å²) in [6.07, 6.45) is 2.22. The second-order valence-corrected chi connectivity index (χ2v) is 3.68. The van der Waals surface area contributed by atoms with Crippen molar-refractivity contribution >= 4 is 6.29 Å². The van der Waals surface area contributed by atoms with Gasteiger partial charge in [-0.3, -0.25) is 4.79 Å². The lowest BCUT2D eigenvalue weighted by Gasteiger charge is -2.05. The SMILES string of the molecule is CCCc1c(C=O)nnn1-c1cccc(F)c1. The van der Waals surface area contributed by atoms with Gasteiger partial charge in [-0.2, -0.15) is 0 Å². The molecule has 0 saturated heterocycles. The maximum atomic E-state index is 13.1. The van der Waals surface area contributed by atoms with Crippen LogP contribution in [0.2, 0.25) is 0 Å². The summed E-state index contributed by atoms with van der Waals surface area (Å²) in [6.45, 7) is 2.00. The Balaban J connectivity index is 2.51. The second-order valence-electron chi connectivity index (χ2n) is 3.68. The Labute approximate surface area is 98.1 Å². The molecule has 0 fully saturated rings. The third kappa shape index (κ3) is 2.22. The fourth-order valence-electron chi connectivity index (χ4n) is 1.69. The van der Waals surface area contributed by atoms with Crippen LogP contribution < -0.4 is 0 Å². The molecule has 0 spiro atoms. The fourth-order valence-corrected chi connectivity index (χ4v) is 1.69. The van der Waals surface area contributed by atoms with Crippen molar-refractivity contribution in [3.05, 3.63) is 41.5 Å². The smallest absolute Gasteiger partial charge is 0.172 e. The van der Waals surface area contributed by atoms with Crippen LogP contribution in [-0.4, -0.2) is 21.3 Å². The molecule has 0 aliphatic rings. The average molecular weight is 233 g/mol. The molecule has 2 aromatic rings. The maximum absolute atomic E-state index is 13.1. The first-order chi connectivity index (χ1) is 8.26. The number of halogens is 1. The Bertz CT molecular complexity index is 536. The topological polar surface area (TPSA) is 47.8 Å². The average Bonchev–Trinajstić information content (AvgIpc) is 2.72. The van der Waals surface area contributed by atoms with Crippen molar-refractivity contribution in [1.82, 2.24) is 15.0 Å². The van der Waals surface area contributed by atoms with Crippen molar-refractivity contribution in [2.24, 2.45) is 0 Å². The van der Waals surface area contributed by atoms with E-state index in [9.17, 15) is 9.18 Å². The molecule has 2 rings (SSSR count). The highest BCUT2D eigenvalue weighted by Gasteiger charge is 2.12. The van der Waals surface area contributed by atoms with Crippen molar-refractivity contribution in [2.75, 3.05) is 0 Å². The van der Waals surface area contributed by atoms with Gasteiger partial charge in [0.25, 0.3) is 0 Å². The van der Waals surface area contributed by atoms with E-state index in [1.807, 2.05) is 6.92 Å². The van der Waals surface area contributed by atoms with Gasteiger partial charge in [0.1, 0.15) is 11.5 Å². The van der Waals surface area contributed by atoms with Gasteiger partial charge in [0, 0.05) is 0 Å². The Morgan fingerprint density at radius 3 is 2.94 bits per heavy atom. The monoisotopic (exact) mass is 233 g/mol. The van der Waals surface area contributed by atoms with Crippen molar-refractivity contribution in [2.45, 2.75) is 19.8 Å². The first kappa shape index (κ1) is 11.4. The Morgan fingerprint density at radius 1 is 1.47 bits per heavy atom. The van der Waals surface area contributed by atoms with Crippen LogP contribution in [0.15, 0.2) is 24.3 Å². The summed E-state index contributed by atoms with van der Waals surface area (Å²) in [5, 5.41) is 7.67. The molecule has 88 valence electrons. The highest BCUT2D eigenvalue weighted by Crippen LogP contribution is 2.14. The predicted molar refractivity (Wildman–Crippen MR) is 60.7 cm³/mol. The Kier molecular flexibility index (Phi) is 3.27. The number of aldehydes is 1. The van der Waals surface area contributed by atoms with Crippen LogP contribution in [0.5, 0.6) is 0 Å². The second kappa shape index (κ2) is 4.86. The largest absolute Gasteiger partial charge is 0.296 e. The van der Waals surface area contributed by atoms with Gasteiger partial charge in [-0.15, -0.1) is 5.10 Å². The first-order valence-electron chi connectivity index (χ1n) is 5.42. The number of carbonyl (C=O) groups is 1. The molecule has 0 atom stereocenters. The van der Waals surface area contributed by atoms with Crippen LogP contribution in [0.3, 0.4) is 0 Å². The van der Waals surface area contributed by atoms with E-state index in [-0.39, 0.29) is 5.82 Å². The third-order valence-electron chi connectivity index (χ3n) is 2.44. The van der Waals surface area contributed by atoms with Crippen LogP contribution in [0, 0.1) is 5.82 Å². The van der Waals surface area contributed by atoms with Gasteiger partial charge in [0.05, 0.1) is 11.4 Å². The zero-order chi connectivity index (χ0) is 12.3. The predicted octanol–water partition coefficient (Wildman–Crippen LogP) is 2.17. The summed E-state index contributed by atoms with van der Waals surface area (Å²) in [4.78, 5) is 10.8.